The van der Waals surface area contributed by atoms with E-state index in [2.05, 4.69) is 6.92 Å². The number of hydrogen-bond acceptors (Lipinski definition) is 4. The number of sulfone groups is 1. The molecule has 4 nitrogen and oxygen atoms in total. The number of hydrogen-bond donors (Lipinski definition) is 0. The van der Waals surface area contributed by atoms with Crippen LogP contribution in [0.5, 0.6) is 0 Å². The predicted molar refractivity (Wildman–Crippen MR) is 71.6 cm³/mol. The lowest BCUT2D eigenvalue weighted by Gasteiger charge is -2.41. The van der Waals surface area contributed by atoms with E-state index < -0.39 is 9.84 Å². The van der Waals surface area contributed by atoms with Gasteiger partial charge in [0.1, 0.15) is 5.78 Å². The van der Waals surface area contributed by atoms with Crippen molar-refractivity contribution >= 4 is 15.6 Å². The van der Waals surface area contributed by atoms with Crippen molar-refractivity contribution in [3.63, 3.8) is 0 Å². The van der Waals surface area contributed by atoms with Gasteiger partial charge in [0.05, 0.1) is 23.7 Å². The minimum atomic E-state index is -2.94. The number of rotatable bonds is 3. The molecule has 3 aliphatic heterocycles. The van der Waals surface area contributed by atoms with Gasteiger partial charge < -0.3 is 4.74 Å². The average Bonchev–Trinajstić information content (AvgIpc) is 2.24. The van der Waals surface area contributed by atoms with Crippen LogP contribution in [0, 0.1) is 11.3 Å². The normalized spacial score (nSPS) is 39.3. The molecule has 0 amide bonds. The fourth-order valence-corrected chi connectivity index (χ4v) is 6.33. The van der Waals surface area contributed by atoms with Crippen LogP contribution in [0.15, 0.2) is 0 Å². The maximum absolute atomic E-state index is 12.4. The van der Waals surface area contributed by atoms with Crippen molar-refractivity contribution in [1.82, 2.24) is 0 Å². The van der Waals surface area contributed by atoms with Gasteiger partial charge in [0.2, 0.25) is 0 Å². The fourth-order valence-electron chi connectivity index (χ4n) is 3.79. The first-order valence-corrected chi connectivity index (χ1v) is 8.85. The topological polar surface area (TPSA) is 60.4 Å². The van der Waals surface area contributed by atoms with Crippen LogP contribution in [0.1, 0.15) is 45.4 Å². The van der Waals surface area contributed by atoms with E-state index in [-0.39, 0.29) is 27.6 Å². The van der Waals surface area contributed by atoms with Gasteiger partial charge in [-0.05, 0) is 25.7 Å². The van der Waals surface area contributed by atoms with Gasteiger partial charge >= 0.3 is 0 Å². The molecule has 0 aromatic heterocycles. The molecule has 3 aliphatic rings. The van der Waals surface area contributed by atoms with Crippen molar-refractivity contribution < 1.29 is 17.9 Å². The highest BCUT2D eigenvalue weighted by atomic mass is 32.2. The van der Waals surface area contributed by atoms with E-state index in [0.29, 0.717) is 32.5 Å². The highest BCUT2D eigenvalue weighted by Gasteiger charge is 2.47. The van der Waals surface area contributed by atoms with E-state index in [9.17, 15) is 13.2 Å². The first kappa shape index (κ1) is 13.6. The van der Waals surface area contributed by atoms with Crippen molar-refractivity contribution in [2.75, 3.05) is 13.2 Å². The zero-order valence-corrected chi connectivity index (χ0v) is 12.2. The lowest BCUT2D eigenvalue weighted by molar-refractivity contribution is -0.140. The molecular formula is C14H22O4S. The highest BCUT2D eigenvalue weighted by Crippen LogP contribution is 2.41. The van der Waals surface area contributed by atoms with Crippen LogP contribution < -0.4 is 0 Å². The fraction of sp³-hybridized carbons (Fsp3) is 0.929. The van der Waals surface area contributed by atoms with E-state index in [1.807, 2.05) is 0 Å². The summed E-state index contributed by atoms with van der Waals surface area (Å²) in [5.74, 6) is 0.230. The standard InChI is InChI=1S/C14H22O4S/c1-14(8-18-9-14)7-13(15)10-5-11-3-2-4-12(6-10)19(11,16)17/h10-12H,2-9H2,1H3. The Bertz CT molecular complexity index is 458. The van der Waals surface area contributed by atoms with Crippen molar-refractivity contribution in [2.24, 2.45) is 11.3 Å². The van der Waals surface area contributed by atoms with E-state index in [1.54, 1.807) is 0 Å². The maximum atomic E-state index is 12.4. The molecule has 0 aliphatic carbocycles. The molecule has 2 atom stereocenters. The smallest absolute Gasteiger partial charge is 0.156 e. The van der Waals surface area contributed by atoms with Gasteiger partial charge in [0, 0.05) is 17.8 Å². The number of fused-ring (bicyclic) bond motifs is 2. The Kier molecular flexibility index (Phi) is 3.25. The van der Waals surface area contributed by atoms with Gasteiger partial charge in [-0.1, -0.05) is 13.3 Å². The molecule has 0 aromatic rings. The molecule has 3 rings (SSSR count). The van der Waals surface area contributed by atoms with Gasteiger partial charge in [-0.2, -0.15) is 0 Å². The lowest BCUT2D eigenvalue weighted by atomic mass is 9.77. The summed E-state index contributed by atoms with van der Waals surface area (Å²) in [5, 5.41) is -0.501. The number of ketones is 1. The second-order valence-electron chi connectivity index (χ2n) is 6.88. The Labute approximate surface area is 114 Å². The van der Waals surface area contributed by atoms with Crippen LogP contribution in [-0.4, -0.2) is 37.9 Å². The third kappa shape index (κ3) is 2.35. The number of carbonyl (C=O) groups is 1. The molecule has 19 heavy (non-hydrogen) atoms. The van der Waals surface area contributed by atoms with Gasteiger partial charge in [-0.25, -0.2) is 8.42 Å². The molecule has 0 spiro atoms. The zero-order valence-electron chi connectivity index (χ0n) is 11.4. The molecule has 3 fully saturated rings. The molecule has 0 saturated carbocycles. The first-order chi connectivity index (χ1) is 8.91. The van der Waals surface area contributed by atoms with Gasteiger partial charge in [-0.15, -0.1) is 0 Å². The summed E-state index contributed by atoms with van der Waals surface area (Å²) in [6.07, 6.45) is 4.19. The molecule has 0 aromatic carbocycles. The molecule has 2 bridgehead atoms. The Morgan fingerprint density at radius 1 is 1.21 bits per heavy atom. The summed E-state index contributed by atoms with van der Waals surface area (Å²) >= 11 is 0. The maximum Gasteiger partial charge on any atom is 0.156 e. The van der Waals surface area contributed by atoms with E-state index in [4.69, 9.17) is 4.74 Å². The van der Waals surface area contributed by atoms with Gasteiger partial charge in [0.15, 0.2) is 9.84 Å². The molecule has 0 N–H and O–H groups in total. The molecule has 5 heteroatoms. The Morgan fingerprint density at radius 2 is 1.79 bits per heavy atom. The molecular weight excluding hydrogens is 264 g/mol. The lowest BCUT2D eigenvalue weighted by Crippen LogP contribution is -2.47. The molecule has 108 valence electrons. The molecule has 0 radical (unpaired) electrons. The van der Waals surface area contributed by atoms with E-state index in [1.165, 1.54) is 0 Å². The van der Waals surface area contributed by atoms with Crippen molar-refractivity contribution in [1.29, 1.82) is 0 Å². The minimum absolute atomic E-state index is 0.00250. The Hall–Kier alpha value is -0.420. The molecule has 3 heterocycles. The minimum Gasteiger partial charge on any atom is -0.380 e. The van der Waals surface area contributed by atoms with Crippen molar-refractivity contribution in [3.8, 4) is 0 Å². The predicted octanol–water partition coefficient (Wildman–Crippen LogP) is 1.73. The average molecular weight is 286 g/mol. The number of carbonyl (C=O) groups excluding carboxylic acids is 1. The third-order valence-electron chi connectivity index (χ3n) is 5.03. The Morgan fingerprint density at radius 3 is 2.26 bits per heavy atom. The number of Topliss-reactive ketones (excluding diaryl/α,β-unsaturated/α-hetero) is 1. The SMILES string of the molecule is CC1(CC(=O)C2CC3CCCC(C2)S3(=O)=O)COC1. The summed E-state index contributed by atoms with van der Waals surface area (Å²) in [4.78, 5) is 12.4. The van der Waals surface area contributed by atoms with Crippen LogP contribution in [-0.2, 0) is 19.4 Å². The second kappa shape index (κ2) is 4.55. The quantitative estimate of drug-likeness (QED) is 0.792. The molecule has 3 saturated heterocycles. The first-order valence-electron chi connectivity index (χ1n) is 7.24. The summed E-state index contributed by atoms with van der Waals surface area (Å²) in [6, 6.07) is 0. The highest BCUT2D eigenvalue weighted by molar-refractivity contribution is 7.92. The van der Waals surface area contributed by atoms with Gasteiger partial charge in [0.25, 0.3) is 0 Å². The van der Waals surface area contributed by atoms with E-state index >= 15 is 0 Å². The molecule has 2 unspecified atom stereocenters. The zero-order chi connectivity index (χ0) is 13.7. The Balaban J connectivity index is 1.69. The summed E-state index contributed by atoms with van der Waals surface area (Å²) < 4.78 is 29.6. The van der Waals surface area contributed by atoms with Crippen molar-refractivity contribution in [3.05, 3.63) is 0 Å². The monoisotopic (exact) mass is 286 g/mol. The second-order valence-corrected chi connectivity index (χ2v) is 9.39. The van der Waals surface area contributed by atoms with Crippen LogP contribution in [0.4, 0.5) is 0 Å². The van der Waals surface area contributed by atoms with Crippen LogP contribution >= 0.6 is 0 Å². The number of ether oxygens (including phenoxy) is 1. The van der Waals surface area contributed by atoms with Gasteiger partial charge in [-0.3, -0.25) is 4.79 Å². The van der Waals surface area contributed by atoms with Crippen LogP contribution in [0.2, 0.25) is 0 Å². The van der Waals surface area contributed by atoms with E-state index in [0.717, 1.165) is 19.3 Å². The van der Waals surface area contributed by atoms with Crippen molar-refractivity contribution in [2.45, 2.75) is 55.9 Å². The summed E-state index contributed by atoms with van der Waals surface area (Å²) in [5.41, 5.74) is 0.00250. The third-order valence-corrected chi connectivity index (χ3v) is 7.75. The van der Waals surface area contributed by atoms with Crippen LogP contribution in [0.3, 0.4) is 0 Å². The summed E-state index contributed by atoms with van der Waals surface area (Å²) in [7, 11) is -2.94. The largest absolute Gasteiger partial charge is 0.380 e. The van der Waals surface area contributed by atoms with Crippen LogP contribution in [0.25, 0.3) is 0 Å². The summed E-state index contributed by atoms with van der Waals surface area (Å²) in [6.45, 7) is 3.40.